The van der Waals surface area contributed by atoms with Gasteiger partial charge in [-0.3, -0.25) is 9.69 Å². The Labute approximate surface area is 193 Å². The standard InChI is InChI=1S/C18H14Cl2F5N7O/c1-8-6-11(18(23,24)25)27-17(26-8)32(16-15(20)28-31(3)29-16)7-12(33)30(2)10-5-4-9(21)13(19)14(10)22/h4-6H,7H2,1-3H3. The number of nitrogens with zero attached hydrogens (tertiary/aromatic N) is 7. The Morgan fingerprint density at radius 2 is 1.82 bits per heavy atom. The number of amides is 1. The molecule has 8 nitrogen and oxygen atoms in total. The van der Waals surface area contributed by atoms with E-state index in [9.17, 15) is 26.7 Å². The van der Waals surface area contributed by atoms with Gasteiger partial charge in [-0.05, 0) is 25.1 Å². The summed E-state index contributed by atoms with van der Waals surface area (Å²) in [5, 5.41) is 6.69. The van der Waals surface area contributed by atoms with Gasteiger partial charge in [-0.2, -0.15) is 18.0 Å². The van der Waals surface area contributed by atoms with Crippen molar-refractivity contribution in [2.24, 2.45) is 7.05 Å². The summed E-state index contributed by atoms with van der Waals surface area (Å²) in [4.78, 5) is 23.1. The summed E-state index contributed by atoms with van der Waals surface area (Å²) in [7, 11) is 2.57. The number of anilines is 3. The second kappa shape index (κ2) is 9.06. The third-order valence-corrected chi connectivity index (χ3v) is 4.92. The number of rotatable bonds is 5. The van der Waals surface area contributed by atoms with Gasteiger partial charge in [0.25, 0.3) is 0 Å². The molecule has 0 N–H and O–H groups in total. The average Bonchev–Trinajstić information content (AvgIpc) is 3.06. The van der Waals surface area contributed by atoms with Gasteiger partial charge in [-0.25, -0.2) is 18.7 Å². The quantitative estimate of drug-likeness (QED) is 0.376. The fourth-order valence-corrected chi connectivity index (χ4v) is 3.16. The lowest BCUT2D eigenvalue weighted by atomic mass is 10.2. The number of likely N-dealkylation sites (N-methyl/N-ethyl adjacent to an activating group) is 1. The van der Waals surface area contributed by atoms with Gasteiger partial charge in [0.1, 0.15) is 23.1 Å². The van der Waals surface area contributed by atoms with Crippen molar-refractivity contribution in [2.45, 2.75) is 13.1 Å². The average molecular weight is 510 g/mol. The van der Waals surface area contributed by atoms with Gasteiger partial charge in [0.05, 0.1) is 5.69 Å². The van der Waals surface area contributed by atoms with E-state index in [0.717, 1.165) is 32.8 Å². The first-order valence-corrected chi connectivity index (χ1v) is 9.72. The van der Waals surface area contributed by atoms with Crippen LogP contribution in [-0.4, -0.2) is 44.5 Å². The van der Waals surface area contributed by atoms with Gasteiger partial charge >= 0.3 is 6.18 Å². The Morgan fingerprint density at radius 1 is 1.15 bits per heavy atom. The molecule has 0 aliphatic rings. The Morgan fingerprint density at radius 3 is 2.39 bits per heavy atom. The van der Waals surface area contributed by atoms with E-state index in [0.29, 0.717) is 0 Å². The number of hydrogen-bond acceptors (Lipinski definition) is 6. The molecule has 2 aromatic heterocycles. The molecule has 0 spiro atoms. The van der Waals surface area contributed by atoms with Crippen LogP contribution in [0.4, 0.5) is 39.4 Å². The Hall–Kier alpha value is -3.06. The van der Waals surface area contributed by atoms with Gasteiger partial charge in [0.15, 0.2) is 16.8 Å². The maximum atomic E-state index is 14.4. The van der Waals surface area contributed by atoms with Gasteiger partial charge < -0.3 is 4.90 Å². The molecule has 0 bridgehead atoms. The van der Waals surface area contributed by atoms with Crippen LogP contribution in [0, 0.1) is 18.6 Å². The fraction of sp³-hybridized carbons (Fsp3) is 0.278. The minimum absolute atomic E-state index is 0.0468. The number of halogens is 7. The van der Waals surface area contributed by atoms with Gasteiger partial charge in [0, 0.05) is 19.8 Å². The zero-order valence-electron chi connectivity index (χ0n) is 17.1. The molecular weight excluding hydrogens is 496 g/mol. The maximum absolute atomic E-state index is 14.4. The normalized spacial score (nSPS) is 11.6. The molecule has 33 heavy (non-hydrogen) atoms. The second-order valence-electron chi connectivity index (χ2n) is 6.73. The Balaban J connectivity index is 2.05. The summed E-state index contributed by atoms with van der Waals surface area (Å²) in [5.41, 5.74) is -1.67. The lowest BCUT2D eigenvalue weighted by Gasteiger charge is -2.25. The zero-order chi connectivity index (χ0) is 24.7. The van der Waals surface area contributed by atoms with Crippen LogP contribution in [0.2, 0.25) is 10.2 Å². The number of aromatic nitrogens is 5. The highest BCUT2D eigenvalue weighted by Crippen LogP contribution is 2.33. The van der Waals surface area contributed by atoms with Crippen molar-refractivity contribution >= 4 is 46.6 Å². The molecule has 0 radical (unpaired) electrons. The monoisotopic (exact) mass is 509 g/mol. The number of benzene rings is 1. The van der Waals surface area contributed by atoms with Crippen LogP contribution in [0.25, 0.3) is 0 Å². The fourth-order valence-electron chi connectivity index (χ4n) is 2.75. The van der Waals surface area contributed by atoms with E-state index in [1.165, 1.54) is 21.0 Å². The molecule has 0 fully saturated rings. The van der Waals surface area contributed by atoms with Crippen LogP contribution in [0.3, 0.4) is 0 Å². The van der Waals surface area contributed by atoms with Crippen molar-refractivity contribution in [3.63, 3.8) is 0 Å². The minimum Gasteiger partial charge on any atom is -0.311 e. The number of aryl methyl sites for hydroxylation is 2. The molecule has 2 heterocycles. The molecule has 1 amide bonds. The Bertz CT molecular complexity index is 1220. The van der Waals surface area contributed by atoms with Crippen LogP contribution in [0.1, 0.15) is 11.4 Å². The predicted octanol–water partition coefficient (Wildman–Crippen LogP) is 4.32. The van der Waals surface area contributed by atoms with Crippen molar-refractivity contribution in [1.82, 2.24) is 25.0 Å². The molecule has 0 aliphatic heterocycles. The molecule has 0 unspecified atom stereocenters. The first-order valence-electron chi connectivity index (χ1n) is 8.97. The number of carbonyl (C=O) groups excluding carboxylic acids is 1. The first-order chi connectivity index (χ1) is 15.3. The highest BCUT2D eigenvalue weighted by atomic mass is 35.5. The minimum atomic E-state index is -4.80. The van der Waals surface area contributed by atoms with Crippen LogP contribution in [0.15, 0.2) is 18.2 Å². The molecule has 0 aliphatic carbocycles. The van der Waals surface area contributed by atoms with Gasteiger partial charge in [-0.1, -0.05) is 23.2 Å². The third-order valence-electron chi connectivity index (χ3n) is 4.33. The van der Waals surface area contributed by atoms with E-state index in [2.05, 4.69) is 20.2 Å². The third kappa shape index (κ3) is 5.14. The van der Waals surface area contributed by atoms with Crippen molar-refractivity contribution < 1.29 is 26.7 Å². The first kappa shape index (κ1) is 24.6. The molecule has 176 valence electrons. The summed E-state index contributed by atoms with van der Waals surface area (Å²) in [6.45, 7) is 0.588. The molecule has 1 aromatic carbocycles. The van der Waals surface area contributed by atoms with E-state index >= 15 is 0 Å². The molecule has 0 saturated heterocycles. The number of hydrogen-bond donors (Lipinski definition) is 0. The summed E-state index contributed by atoms with van der Waals surface area (Å²) < 4.78 is 67.7. The molecule has 0 saturated carbocycles. The summed E-state index contributed by atoms with van der Waals surface area (Å²) >= 11 is 11.6. The van der Waals surface area contributed by atoms with Crippen molar-refractivity contribution in [3.8, 4) is 0 Å². The van der Waals surface area contributed by atoms with E-state index in [1.807, 2.05) is 0 Å². The van der Waals surface area contributed by atoms with Gasteiger partial charge in [-0.15, -0.1) is 10.2 Å². The highest BCUT2D eigenvalue weighted by molar-refractivity contribution is 6.32. The van der Waals surface area contributed by atoms with E-state index < -0.39 is 46.9 Å². The number of carbonyl (C=O) groups is 1. The summed E-state index contributed by atoms with van der Waals surface area (Å²) in [6, 6.07) is 2.57. The number of alkyl halides is 3. The van der Waals surface area contributed by atoms with Crippen LogP contribution >= 0.6 is 23.2 Å². The largest absolute Gasteiger partial charge is 0.433 e. The van der Waals surface area contributed by atoms with Crippen molar-refractivity contribution in [1.29, 1.82) is 0 Å². The topological polar surface area (TPSA) is 80.0 Å². The van der Waals surface area contributed by atoms with Crippen LogP contribution < -0.4 is 9.80 Å². The van der Waals surface area contributed by atoms with Crippen molar-refractivity contribution in [2.75, 3.05) is 23.4 Å². The maximum Gasteiger partial charge on any atom is 0.433 e. The van der Waals surface area contributed by atoms with Crippen molar-refractivity contribution in [3.05, 3.63) is 51.4 Å². The predicted molar refractivity (Wildman–Crippen MR) is 110 cm³/mol. The lowest BCUT2D eigenvalue weighted by molar-refractivity contribution is -0.141. The summed E-state index contributed by atoms with van der Waals surface area (Å²) in [6.07, 6.45) is -4.80. The van der Waals surface area contributed by atoms with Crippen LogP contribution in [-0.2, 0) is 18.0 Å². The summed E-state index contributed by atoms with van der Waals surface area (Å²) in [5.74, 6) is -3.82. The highest BCUT2D eigenvalue weighted by Gasteiger charge is 2.35. The van der Waals surface area contributed by atoms with E-state index in [-0.39, 0.29) is 22.4 Å². The molecule has 15 heteroatoms. The lowest BCUT2D eigenvalue weighted by Crippen LogP contribution is -2.38. The SMILES string of the molecule is Cc1cc(C(F)(F)F)nc(N(CC(=O)N(C)c2ccc(F)c(Cl)c2F)c2nn(C)nc2Cl)n1. The van der Waals surface area contributed by atoms with E-state index in [4.69, 9.17) is 23.2 Å². The van der Waals surface area contributed by atoms with Crippen LogP contribution in [0.5, 0.6) is 0 Å². The molecule has 0 atom stereocenters. The molecular formula is C18H14Cl2F5N7O. The zero-order valence-corrected chi connectivity index (χ0v) is 18.6. The van der Waals surface area contributed by atoms with Gasteiger partial charge in [0.2, 0.25) is 11.9 Å². The molecule has 3 rings (SSSR count). The smallest absolute Gasteiger partial charge is 0.311 e. The second-order valence-corrected chi connectivity index (χ2v) is 7.47. The van der Waals surface area contributed by atoms with E-state index in [1.54, 1.807) is 0 Å². The molecule has 3 aromatic rings. The Kier molecular flexibility index (Phi) is 6.75.